The highest BCUT2D eigenvalue weighted by molar-refractivity contribution is 9.10. The quantitative estimate of drug-likeness (QED) is 0.840. The van der Waals surface area contributed by atoms with Gasteiger partial charge < -0.3 is 5.32 Å². The van der Waals surface area contributed by atoms with Crippen LogP contribution in [0.4, 0.5) is 5.69 Å². The predicted octanol–water partition coefficient (Wildman–Crippen LogP) is 2.81. The standard InChI is InChI=1S/C9H11BrN2/c1-9(2-3-9)12-8-4-7(10)5-11-6-8/h4-6,12H,2-3H2,1H3. The first kappa shape index (κ1) is 8.05. The van der Waals surface area contributed by atoms with Gasteiger partial charge in [-0.25, -0.2) is 0 Å². The Kier molecular flexibility index (Phi) is 1.83. The number of anilines is 1. The smallest absolute Gasteiger partial charge is 0.0542 e. The summed E-state index contributed by atoms with van der Waals surface area (Å²) < 4.78 is 1.02. The van der Waals surface area contributed by atoms with Crippen molar-refractivity contribution in [3.8, 4) is 0 Å². The molecule has 2 rings (SSSR count). The lowest BCUT2D eigenvalue weighted by molar-refractivity contribution is 0.828. The second-order valence-corrected chi connectivity index (χ2v) is 4.49. The van der Waals surface area contributed by atoms with E-state index >= 15 is 0 Å². The van der Waals surface area contributed by atoms with Gasteiger partial charge in [-0.2, -0.15) is 0 Å². The van der Waals surface area contributed by atoms with Crippen molar-refractivity contribution in [2.24, 2.45) is 0 Å². The lowest BCUT2D eigenvalue weighted by Gasteiger charge is -2.12. The molecule has 1 N–H and O–H groups in total. The zero-order valence-electron chi connectivity index (χ0n) is 6.97. The molecule has 0 bridgehead atoms. The van der Waals surface area contributed by atoms with Crippen molar-refractivity contribution >= 4 is 21.6 Å². The maximum atomic E-state index is 4.09. The molecule has 1 aromatic rings. The molecule has 0 spiro atoms. The third kappa shape index (κ3) is 1.78. The molecule has 1 aliphatic rings. The minimum absolute atomic E-state index is 0.336. The van der Waals surface area contributed by atoms with Gasteiger partial charge in [0.05, 0.1) is 11.9 Å². The molecule has 0 saturated heterocycles. The van der Waals surface area contributed by atoms with Gasteiger partial charge in [-0.1, -0.05) is 0 Å². The van der Waals surface area contributed by atoms with Gasteiger partial charge in [-0.05, 0) is 41.8 Å². The van der Waals surface area contributed by atoms with Crippen molar-refractivity contribution in [3.05, 3.63) is 22.9 Å². The van der Waals surface area contributed by atoms with Crippen LogP contribution in [-0.4, -0.2) is 10.5 Å². The number of hydrogen-bond donors (Lipinski definition) is 1. The molecule has 1 saturated carbocycles. The molecule has 1 heterocycles. The van der Waals surface area contributed by atoms with Gasteiger partial charge >= 0.3 is 0 Å². The van der Waals surface area contributed by atoms with Gasteiger partial charge in [0.15, 0.2) is 0 Å². The zero-order chi connectivity index (χ0) is 8.60. The Labute approximate surface area is 80.5 Å². The Morgan fingerprint density at radius 1 is 1.50 bits per heavy atom. The van der Waals surface area contributed by atoms with Crippen LogP contribution < -0.4 is 5.32 Å². The minimum atomic E-state index is 0.336. The Balaban J connectivity index is 2.12. The molecule has 0 aromatic carbocycles. The lowest BCUT2D eigenvalue weighted by Crippen LogP contribution is -2.15. The van der Waals surface area contributed by atoms with Crippen LogP contribution in [0.15, 0.2) is 22.9 Å². The summed E-state index contributed by atoms with van der Waals surface area (Å²) in [6.07, 6.45) is 6.17. The molecule has 0 atom stereocenters. The van der Waals surface area contributed by atoms with E-state index in [1.165, 1.54) is 12.8 Å². The predicted molar refractivity (Wildman–Crippen MR) is 53.2 cm³/mol. The molecule has 1 aromatic heterocycles. The normalized spacial score (nSPS) is 18.8. The molecule has 0 radical (unpaired) electrons. The molecule has 12 heavy (non-hydrogen) atoms. The van der Waals surface area contributed by atoms with Gasteiger partial charge in [0.25, 0.3) is 0 Å². The summed E-state index contributed by atoms with van der Waals surface area (Å²) in [6, 6.07) is 2.05. The van der Waals surface area contributed by atoms with E-state index in [0.29, 0.717) is 5.54 Å². The molecule has 0 aliphatic heterocycles. The summed E-state index contributed by atoms with van der Waals surface area (Å²) in [7, 11) is 0. The van der Waals surface area contributed by atoms with Crippen LogP contribution >= 0.6 is 15.9 Å². The van der Waals surface area contributed by atoms with E-state index in [1.807, 2.05) is 6.20 Å². The topological polar surface area (TPSA) is 24.9 Å². The number of nitrogens with zero attached hydrogens (tertiary/aromatic N) is 1. The maximum absolute atomic E-state index is 4.09. The Morgan fingerprint density at radius 2 is 2.25 bits per heavy atom. The van der Waals surface area contributed by atoms with Crippen LogP contribution in [-0.2, 0) is 0 Å². The maximum Gasteiger partial charge on any atom is 0.0542 e. The summed E-state index contributed by atoms with van der Waals surface area (Å²) in [5, 5.41) is 3.44. The number of halogens is 1. The summed E-state index contributed by atoms with van der Waals surface area (Å²) in [5.41, 5.74) is 1.44. The summed E-state index contributed by atoms with van der Waals surface area (Å²) in [6.45, 7) is 2.23. The largest absolute Gasteiger partial charge is 0.379 e. The average Bonchev–Trinajstić information content (AvgIpc) is 2.67. The first-order valence-corrected chi connectivity index (χ1v) is 4.86. The minimum Gasteiger partial charge on any atom is -0.379 e. The lowest BCUT2D eigenvalue weighted by atomic mass is 10.3. The summed E-state index contributed by atoms with van der Waals surface area (Å²) in [4.78, 5) is 4.09. The molecule has 0 unspecified atom stereocenters. The van der Waals surface area contributed by atoms with E-state index in [1.54, 1.807) is 6.20 Å². The molecule has 2 nitrogen and oxygen atoms in total. The highest BCUT2D eigenvalue weighted by Gasteiger charge is 2.36. The van der Waals surface area contributed by atoms with E-state index < -0.39 is 0 Å². The number of nitrogens with one attached hydrogen (secondary N) is 1. The molecule has 1 fully saturated rings. The van der Waals surface area contributed by atoms with E-state index in [9.17, 15) is 0 Å². The highest BCUT2D eigenvalue weighted by Crippen LogP contribution is 2.38. The average molecular weight is 227 g/mol. The number of aromatic nitrogens is 1. The third-order valence-electron chi connectivity index (χ3n) is 2.15. The summed E-state index contributed by atoms with van der Waals surface area (Å²) >= 11 is 3.39. The fourth-order valence-corrected chi connectivity index (χ4v) is 1.51. The Morgan fingerprint density at radius 3 is 2.83 bits per heavy atom. The van der Waals surface area contributed by atoms with Crippen molar-refractivity contribution in [2.75, 3.05) is 5.32 Å². The van der Waals surface area contributed by atoms with Gasteiger partial charge in [0, 0.05) is 16.2 Å². The fourth-order valence-electron chi connectivity index (χ4n) is 1.14. The summed E-state index contributed by atoms with van der Waals surface area (Å²) in [5.74, 6) is 0. The van der Waals surface area contributed by atoms with Crippen molar-refractivity contribution in [1.82, 2.24) is 4.98 Å². The number of pyridine rings is 1. The van der Waals surface area contributed by atoms with E-state index in [4.69, 9.17) is 0 Å². The molecule has 0 amide bonds. The van der Waals surface area contributed by atoms with Crippen molar-refractivity contribution in [3.63, 3.8) is 0 Å². The monoisotopic (exact) mass is 226 g/mol. The van der Waals surface area contributed by atoms with Crippen LogP contribution in [0.2, 0.25) is 0 Å². The van der Waals surface area contributed by atoms with E-state index in [2.05, 4.69) is 39.2 Å². The molecule has 64 valence electrons. The van der Waals surface area contributed by atoms with Gasteiger partial charge in [-0.3, -0.25) is 4.98 Å². The van der Waals surface area contributed by atoms with E-state index in [-0.39, 0.29) is 0 Å². The van der Waals surface area contributed by atoms with Gasteiger partial charge in [0.2, 0.25) is 0 Å². The number of hydrogen-bond acceptors (Lipinski definition) is 2. The Bertz CT molecular complexity index is 294. The Hall–Kier alpha value is -0.570. The van der Waals surface area contributed by atoms with Crippen LogP contribution in [0.25, 0.3) is 0 Å². The van der Waals surface area contributed by atoms with Crippen LogP contribution in [0.3, 0.4) is 0 Å². The highest BCUT2D eigenvalue weighted by atomic mass is 79.9. The second-order valence-electron chi connectivity index (χ2n) is 3.58. The van der Waals surface area contributed by atoms with Crippen molar-refractivity contribution < 1.29 is 0 Å². The molecule has 1 aliphatic carbocycles. The first-order chi connectivity index (χ1) is 5.68. The van der Waals surface area contributed by atoms with Crippen molar-refractivity contribution in [1.29, 1.82) is 0 Å². The fraction of sp³-hybridized carbons (Fsp3) is 0.444. The first-order valence-electron chi connectivity index (χ1n) is 4.07. The zero-order valence-corrected chi connectivity index (χ0v) is 8.56. The molecular weight excluding hydrogens is 216 g/mol. The van der Waals surface area contributed by atoms with Crippen LogP contribution in [0.1, 0.15) is 19.8 Å². The van der Waals surface area contributed by atoms with Gasteiger partial charge in [-0.15, -0.1) is 0 Å². The van der Waals surface area contributed by atoms with Gasteiger partial charge in [0.1, 0.15) is 0 Å². The molecule has 3 heteroatoms. The second kappa shape index (κ2) is 2.73. The van der Waals surface area contributed by atoms with Crippen molar-refractivity contribution in [2.45, 2.75) is 25.3 Å². The van der Waals surface area contributed by atoms with Crippen LogP contribution in [0.5, 0.6) is 0 Å². The molecular formula is C9H11BrN2. The van der Waals surface area contributed by atoms with E-state index in [0.717, 1.165) is 10.2 Å². The third-order valence-corrected chi connectivity index (χ3v) is 2.58. The van der Waals surface area contributed by atoms with Crippen LogP contribution in [0, 0.1) is 0 Å². The number of rotatable bonds is 2. The SMILES string of the molecule is CC1(Nc2cncc(Br)c2)CC1.